The van der Waals surface area contributed by atoms with Crippen molar-refractivity contribution in [2.24, 2.45) is 0 Å². The summed E-state index contributed by atoms with van der Waals surface area (Å²) in [5.74, 6) is -0.954. The molecule has 0 aliphatic carbocycles. The molecule has 0 atom stereocenters. The molecule has 0 bridgehead atoms. The summed E-state index contributed by atoms with van der Waals surface area (Å²) in [6.45, 7) is 0. The predicted molar refractivity (Wildman–Crippen MR) is 149 cm³/mol. The van der Waals surface area contributed by atoms with Crippen LogP contribution in [0.3, 0.4) is 0 Å². The third-order valence-corrected chi connectivity index (χ3v) is 8.99. The molecule has 0 amide bonds. The van der Waals surface area contributed by atoms with Crippen molar-refractivity contribution in [1.82, 2.24) is 0 Å². The average molecular weight is 529 g/mol. The number of carboxylic acids is 1. The first-order chi connectivity index (χ1) is 18.3. The van der Waals surface area contributed by atoms with Gasteiger partial charge < -0.3 is 5.11 Å². The molecule has 5 rings (SSSR count). The lowest BCUT2D eigenvalue weighted by Crippen LogP contribution is -2.23. The van der Waals surface area contributed by atoms with E-state index in [1.165, 1.54) is 6.07 Å². The molecule has 5 aromatic rings. The maximum absolute atomic E-state index is 14.1. The minimum Gasteiger partial charge on any atom is -0.481 e. The van der Waals surface area contributed by atoms with Crippen molar-refractivity contribution in [3.05, 3.63) is 126 Å². The normalized spacial score (nSPS) is 11.7. The number of hydrogen-bond donors (Lipinski definition) is 1. The van der Waals surface area contributed by atoms with E-state index in [1.807, 2.05) is 97.1 Å². The van der Waals surface area contributed by atoms with Gasteiger partial charge in [-0.2, -0.15) is 13.2 Å². The van der Waals surface area contributed by atoms with E-state index in [-0.39, 0.29) is 12.8 Å². The van der Waals surface area contributed by atoms with E-state index in [2.05, 4.69) is 0 Å². The Morgan fingerprint density at radius 1 is 0.737 bits per heavy atom. The van der Waals surface area contributed by atoms with E-state index in [1.54, 1.807) is 6.07 Å². The van der Waals surface area contributed by atoms with Crippen molar-refractivity contribution in [3.8, 4) is 11.1 Å². The number of hydrogen-bond acceptors (Lipinski definition) is 1. The molecular weight excluding hydrogens is 504 g/mol. The number of carbonyl (C=O) groups is 1. The van der Waals surface area contributed by atoms with Crippen LogP contribution in [0.1, 0.15) is 17.5 Å². The number of alkyl halides is 3. The zero-order chi connectivity index (χ0) is 26.7. The molecular formula is C32H24F3O2P. The van der Waals surface area contributed by atoms with E-state index >= 15 is 0 Å². The third-order valence-electron chi connectivity index (χ3n) is 6.49. The molecule has 1 N–H and O–H groups in total. The van der Waals surface area contributed by atoms with E-state index < -0.39 is 25.6 Å². The Labute approximate surface area is 220 Å². The highest BCUT2D eigenvalue weighted by Gasteiger charge is 2.33. The van der Waals surface area contributed by atoms with Gasteiger partial charge in [0.1, 0.15) is 0 Å². The Bertz CT molecular complexity index is 1540. The molecule has 0 radical (unpaired) electrons. The van der Waals surface area contributed by atoms with Gasteiger partial charge in [0.25, 0.3) is 0 Å². The largest absolute Gasteiger partial charge is 0.481 e. The molecule has 190 valence electrons. The van der Waals surface area contributed by atoms with Crippen LogP contribution >= 0.6 is 7.92 Å². The van der Waals surface area contributed by atoms with Gasteiger partial charge in [-0.3, -0.25) is 4.79 Å². The molecule has 0 saturated carbocycles. The Balaban J connectivity index is 1.86. The number of fused-ring (bicyclic) bond motifs is 1. The molecule has 0 aliphatic rings. The van der Waals surface area contributed by atoms with Crippen molar-refractivity contribution >= 4 is 40.6 Å². The molecule has 6 heteroatoms. The number of aryl methyl sites for hydroxylation is 1. The lowest BCUT2D eigenvalue weighted by atomic mass is 9.90. The van der Waals surface area contributed by atoms with Crippen molar-refractivity contribution in [2.45, 2.75) is 19.0 Å². The van der Waals surface area contributed by atoms with Crippen LogP contribution in [-0.2, 0) is 17.4 Å². The van der Waals surface area contributed by atoms with E-state index in [0.717, 1.165) is 32.8 Å². The van der Waals surface area contributed by atoms with E-state index in [4.69, 9.17) is 0 Å². The quantitative estimate of drug-likeness (QED) is 0.225. The summed E-state index contributed by atoms with van der Waals surface area (Å²) in [6, 6.07) is 34.9. The van der Waals surface area contributed by atoms with Crippen LogP contribution in [0, 0.1) is 0 Å². The second kappa shape index (κ2) is 10.8. The van der Waals surface area contributed by atoms with Gasteiger partial charge in [0.05, 0.1) is 5.56 Å². The Morgan fingerprint density at radius 3 is 1.95 bits per heavy atom. The summed E-state index contributed by atoms with van der Waals surface area (Å²) in [7, 11) is -1.21. The topological polar surface area (TPSA) is 37.3 Å². The minimum absolute atomic E-state index is 0.119. The van der Waals surface area contributed by atoms with Crippen molar-refractivity contribution in [1.29, 1.82) is 0 Å². The first-order valence-corrected chi connectivity index (χ1v) is 13.5. The molecule has 0 aliphatic heterocycles. The second-order valence-electron chi connectivity index (χ2n) is 8.95. The van der Waals surface area contributed by atoms with Crippen LogP contribution in [0.15, 0.2) is 115 Å². The summed E-state index contributed by atoms with van der Waals surface area (Å²) >= 11 is 0. The zero-order valence-corrected chi connectivity index (χ0v) is 21.2. The second-order valence-corrected chi connectivity index (χ2v) is 11.1. The first kappa shape index (κ1) is 25.7. The van der Waals surface area contributed by atoms with Crippen LogP contribution in [0.4, 0.5) is 13.2 Å². The number of rotatable bonds is 7. The Hall–Kier alpha value is -3.95. The van der Waals surface area contributed by atoms with Crippen molar-refractivity contribution in [3.63, 3.8) is 0 Å². The van der Waals surface area contributed by atoms with Gasteiger partial charge >= 0.3 is 12.1 Å². The zero-order valence-electron chi connectivity index (χ0n) is 20.3. The predicted octanol–water partition coefficient (Wildman–Crippen LogP) is 7.30. The molecule has 5 aromatic carbocycles. The van der Waals surface area contributed by atoms with Gasteiger partial charge in [-0.25, -0.2) is 0 Å². The SMILES string of the molecule is O=C(O)CCc1ccc2ccccc2c1-c1cc(C(F)(F)F)ccc1P(c1ccccc1)c1ccccc1. The van der Waals surface area contributed by atoms with Crippen LogP contribution in [0.2, 0.25) is 0 Å². The summed E-state index contributed by atoms with van der Waals surface area (Å²) in [4.78, 5) is 11.5. The van der Waals surface area contributed by atoms with E-state index in [9.17, 15) is 23.1 Å². The molecule has 0 unspecified atom stereocenters. The van der Waals surface area contributed by atoms with Gasteiger partial charge in [-0.15, -0.1) is 0 Å². The Morgan fingerprint density at radius 2 is 1.34 bits per heavy atom. The summed E-state index contributed by atoms with van der Waals surface area (Å²) in [5, 5.41) is 13.9. The highest BCUT2D eigenvalue weighted by atomic mass is 31.1. The number of aliphatic carboxylic acids is 1. The molecule has 0 heterocycles. The van der Waals surface area contributed by atoms with Crippen LogP contribution in [0.5, 0.6) is 0 Å². The fraction of sp³-hybridized carbons (Fsp3) is 0.0938. The fourth-order valence-electron chi connectivity index (χ4n) is 4.77. The number of carboxylic acid groups (broad SMARTS) is 1. The summed E-state index contributed by atoms with van der Waals surface area (Å²) < 4.78 is 42.2. The van der Waals surface area contributed by atoms with Gasteiger partial charge in [-0.1, -0.05) is 103 Å². The fourth-order valence-corrected chi connectivity index (χ4v) is 7.21. The monoisotopic (exact) mass is 528 g/mol. The third kappa shape index (κ3) is 5.34. The van der Waals surface area contributed by atoms with Gasteiger partial charge in [-0.05, 0) is 69.9 Å². The van der Waals surface area contributed by atoms with Crippen molar-refractivity contribution < 1.29 is 23.1 Å². The minimum atomic E-state index is -4.53. The summed E-state index contributed by atoms with van der Waals surface area (Å²) in [5.41, 5.74) is 1.12. The molecule has 2 nitrogen and oxygen atoms in total. The van der Waals surface area contributed by atoms with Gasteiger partial charge in [0, 0.05) is 6.42 Å². The highest BCUT2D eigenvalue weighted by Crippen LogP contribution is 2.42. The lowest BCUT2D eigenvalue weighted by molar-refractivity contribution is -0.138. The van der Waals surface area contributed by atoms with Gasteiger partial charge in [0.2, 0.25) is 0 Å². The van der Waals surface area contributed by atoms with Crippen LogP contribution < -0.4 is 15.9 Å². The molecule has 0 spiro atoms. The van der Waals surface area contributed by atoms with Crippen LogP contribution in [-0.4, -0.2) is 11.1 Å². The highest BCUT2D eigenvalue weighted by molar-refractivity contribution is 7.80. The lowest BCUT2D eigenvalue weighted by Gasteiger charge is -2.25. The molecule has 0 fully saturated rings. The van der Waals surface area contributed by atoms with Gasteiger partial charge in [0.15, 0.2) is 0 Å². The van der Waals surface area contributed by atoms with E-state index in [0.29, 0.717) is 16.7 Å². The number of benzene rings is 5. The van der Waals surface area contributed by atoms with Crippen molar-refractivity contribution in [2.75, 3.05) is 0 Å². The molecule has 0 saturated heterocycles. The number of halogens is 3. The maximum atomic E-state index is 14.1. The smallest absolute Gasteiger partial charge is 0.416 e. The standard InChI is InChI=1S/C32H24F3O2P/c33-32(34,35)24-18-19-29(38(25-10-3-1-4-11-25)26-12-5-2-6-13-26)28(21-24)31-23(17-20-30(36)37)16-15-22-9-7-8-14-27(22)31/h1-16,18-19,21H,17,20H2,(H,36,37). The average Bonchev–Trinajstić information content (AvgIpc) is 2.92. The maximum Gasteiger partial charge on any atom is 0.416 e. The molecule has 38 heavy (non-hydrogen) atoms. The molecule has 0 aromatic heterocycles. The summed E-state index contributed by atoms with van der Waals surface area (Å²) in [6.07, 6.45) is -4.44. The first-order valence-electron chi connectivity index (χ1n) is 12.2. The van der Waals surface area contributed by atoms with Crippen LogP contribution in [0.25, 0.3) is 21.9 Å². The Kier molecular flexibility index (Phi) is 7.31.